The fourth-order valence-corrected chi connectivity index (χ4v) is 8.36. The maximum absolute atomic E-state index is 13.1. The van der Waals surface area contributed by atoms with Gasteiger partial charge in [-0.3, -0.25) is 19.4 Å². The molecule has 7 rings (SSSR count). The molecular formula is C45H56N6O4. The number of hydrogen-bond acceptors (Lipinski definition) is 8. The number of amides is 1. The summed E-state index contributed by atoms with van der Waals surface area (Å²) in [4.78, 5) is 48.9. The summed E-state index contributed by atoms with van der Waals surface area (Å²) in [6.45, 7) is 11.9. The van der Waals surface area contributed by atoms with Crippen molar-refractivity contribution in [3.05, 3.63) is 82.1 Å². The second-order valence-electron chi connectivity index (χ2n) is 15.4. The molecule has 5 heterocycles. The van der Waals surface area contributed by atoms with E-state index in [9.17, 15) is 14.4 Å². The molecule has 1 amide bonds. The lowest BCUT2D eigenvalue weighted by Gasteiger charge is -2.34. The van der Waals surface area contributed by atoms with Crippen LogP contribution in [-0.4, -0.2) is 100 Å². The Hall–Kier alpha value is -4.80. The summed E-state index contributed by atoms with van der Waals surface area (Å²) < 4.78 is 8.36. The Kier molecular flexibility index (Phi) is 12.4. The molecule has 1 N–H and O–H groups in total. The van der Waals surface area contributed by atoms with Crippen LogP contribution in [0.3, 0.4) is 0 Å². The molecule has 10 heteroatoms. The molecule has 1 fully saturated rings. The van der Waals surface area contributed by atoms with E-state index < -0.39 is 6.04 Å². The summed E-state index contributed by atoms with van der Waals surface area (Å²) >= 11 is 0. The summed E-state index contributed by atoms with van der Waals surface area (Å²) in [6, 6.07) is 16.2. The van der Waals surface area contributed by atoms with Crippen LogP contribution >= 0.6 is 0 Å². The molecule has 0 radical (unpaired) electrons. The molecule has 0 aliphatic carbocycles. The van der Waals surface area contributed by atoms with Gasteiger partial charge in [-0.15, -0.1) is 0 Å². The van der Waals surface area contributed by atoms with Crippen molar-refractivity contribution in [2.45, 2.75) is 77.8 Å². The Morgan fingerprint density at radius 2 is 1.71 bits per heavy atom. The Morgan fingerprint density at radius 1 is 0.927 bits per heavy atom. The van der Waals surface area contributed by atoms with E-state index in [0.29, 0.717) is 38.0 Å². The number of benzene rings is 2. The van der Waals surface area contributed by atoms with Crippen LogP contribution in [-0.2, 0) is 29.6 Å². The number of nitrogens with one attached hydrogen (secondary N) is 1. The smallest absolute Gasteiger partial charge is 0.255 e. The zero-order valence-corrected chi connectivity index (χ0v) is 32.8. The minimum Gasteiger partial charge on any atom is -0.494 e. The molecule has 2 aromatic heterocycles. The first-order valence-electron chi connectivity index (χ1n) is 20.3. The van der Waals surface area contributed by atoms with Gasteiger partial charge in [-0.05, 0) is 106 Å². The third kappa shape index (κ3) is 9.03. The first-order chi connectivity index (χ1) is 26.8. The standard InChI is InChI=1S/C45H56N6O4/c1-4-37(53)13-17-42(32(2)52)51-31-35-27-38(14-16-39(35)45(51)54)55-26-7-5-6-20-49-22-24-50(25-23-49)21-8-9-36-12-10-34(29-47-36)33-11-15-40-41-30-46-19-18-43(41)48(3)44(40)28-33/h10-12,14-16,18,27-30,42,46H,4-9,13,17,19-26,31H2,1-3H3. The van der Waals surface area contributed by atoms with Gasteiger partial charge in [0.25, 0.3) is 5.91 Å². The van der Waals surface area contributed by atoms with Crippen molar-refractivity contribution in [3.63, 3.8) is 0 Å². The van der Waals surface area contributed by atoms with Gasteiger partial charge in [0.15, 0.2) is 5.78 Å². The molecule has 1 saturated heterocycles. The molecule has 0 spiro atoms. The Labute approximate surface area is 324 Å². The summed E-state index contributed by atoms with van der Waals surface area (Å²) in [5.41, 5.74) is 6.26. The molecule has 4 aromatic rings. The van der Waals surface area contributed by atoms with Gasteiger partial charge in [0.05, 0.1) is 12.6 Å². The molecule has 0 bridgehead atoms. The van der Waals surface area contributed by atoms with Crippen LogP contribution in [0.2, 0.25) is 0 Å². The lowest BCUT2D eigenvalue weighted by atomic mass is 10.0. The normalized spacial score (nSPS) is 16.3. The molecule has 3 aliphatic rings. The number of fused-ring (bicyclic) bond motifs is 4. The maximum atomic E-state index is 13.1. The number of aryl methyl sites for hydroxylation is 2. The number of carbonyl (C=O) groups is 3. The van der Waals surface area contributed by atoms with Gasteiger partial charge in [0, 0.05) is 110 Å². The summed E-state index contributed by atoms with van der Waals surface area (Å²) in [5.74, 6) is 0.644. The van der Waals surface area contributed by atoms with E-state index in [0.717, 1.165) is 100 Å². The Bertz CT molecular complexity index is 2130. The number of Topliss-reactive ketones (excluding diaryl/α,β-unsaturated/α-hetero) is 2. The zero-order chi connectivity index (χ0) is 38.3. The summed E-state index contributed by atoms with van der Waals surface area (Å²) in [6.07, 6.45) is 12.9. The molecule has 1 atom stereocenters. The molecule has 290 valence electrons. The topological polar surface area (TPSA) is 100 Å². The molecular weight excluding hydrogens is 689 g/mol. The lowest BCUT2D eigenvalue weighted by molar-refractivity contribution is -0.122. The third-order valence-corrected chi connectivity index (χ3v) is 11.7. The van der Waals surface area contributed by atoms with E-state index in [4.69, 9.17) is 9.72 Å². The van der Waals surface area contributed by atoms with Crippen LogP contribution < -0.4 is 20.6 Å². The average molecular weight is 745 g/mol. The van der Waals surface area contributed by atoms with Gasteiger partial charge in [-0.2, -0.15) is 0 Å². The quantitative estimate of drug-likeness (QED) is 0.145. The van der Waals surface area contributed by atoms with Crippen LogP contribution in [0.4, 0.5) is 0 Å². The highest BCUT2D eigenvalue weighted by atomic mass is 16.5. The predicted molar refractivity (Wildman–Crippen MR) is 218 cm³/mol. The number of nitrogens with zero attached hydrogens (tertiary/aromatic N) is 5. The number of ether oxygens (including phenoxy) is 1. The van der Waals surface area contributed by atoms with Crippen LogP contribution in [0.5, 0.6) is 5.75 Å². The predicted octanol–water partition coefficient (Wildman–Crippen LogP) is 4.83. The number of aromatic nitrogens is 2. The number of ketones is 2. The number of carbonyl (C=O) groups excluding carboxylic acids is 3. The number of hydrogen-bond donors (Lipinski definition) is 1. The summed E-state index contributed by atoms with van der Waals surface area (Å²) in [5, 5.41) is 7.17. The monoisotopic (exact) mass is 744 g/mol. The fourth-order valence-electron chi connectivity index (χ4n) is 8.36. The van der Waals surface area contributed by atoms with Crippen molar-refractivity contribution in [2.75, 3.05) is 52.4 Å². The molecule has 55 heavy (non-hydrogen) atoms. The average Bonchev–Trinajstić information content (AvgIpc) is 3.68. The van der Waals surface area contributed by atoms with E-state index in [2.05, 4.69) is 69.3 Å². The minimum atomic E-state index is -0.570. The first-order valence-corrected chi connectivity index (χ1v) is 20.3. The zero-order valence-electron chi connectivity index (χ0n) is 32.8. The maximum Gasteiger partial charge on any atom is 0.255 e. The van der Waals surface area contributed by atoms with E-state index in [1.165, 1.54) is 34.0 Å². The Morgan fingerprint density at radius 3 is 2.45 bits per heavy atom. The third-order valence-electron chi connectivity index (χ3n) is 11.7. The molecule has 3 aliphatic heterocycles. The van der Waals surface area contributed by atoms with Gasteiger partial charge in [0.2, 0.25) is 0 Å². The second-order valence-corrected chi connectivity index (χ2v) is 15.4. The van der Waals surface area contributed by atoms with Gasteiger partial charge >= 0.3 is 0 Å². The number of pyridine rings is 1. The SMILES string of the molecule is CCC(=O)CCC(C(C)=O)N1Cc2cc(OCCCCCN3CCN(CCCc4ccc(-c5ccc6c7c(n(C)c6c5)=CCNC=7)cn4)CC3)ccc2C1=O. The number of unbranched alkanes of at least 4 members (excludes halogenated alkanes) is 2. The van der Waals surface area contributed by atoms with E-state index >= 15 is 0 Å². The van der Waals surface area contributed by atoms with Crippen molar-refractivity contribution in [1.29, 1.82) is 0 Å². The molecule has 2 aromatic carbocycles. The van der Waals surface area contributed by atoms with Gasteiger partial charge < -0.3 is 29.3 Å². The molecule has 0 saturated carbocycles. The largest absolute Gasteiger partial charge is 0.494 e. The van der Waals surface area contributed by atoms with Crippen molar-refractivity contribution < 1.29 is 19.1 Å². The van der Waals surface area contributed by atoms with Crippen molar-refractivity contribution in [2.24, 2.45) is 7.05 Å². The summed E-state index contributed by atoms with van der Waals surface area (Å²) in [7, 11) is 2.15. The van der Waals surface area contributed by atoms with Gasteiger partial charge in [0.1, 0.15) is 11.5 Å². The van der Waals surface area contributed by atoms with Crippen LogP contribution in [0.1, 0.15) is 80.4 Å². The highest BCUT2D eigenvalue weighted by Crippen LogP contribution is 2.30. The van der Waals surface area contributed by atoms with Crippen LogP contribution in [0.15, 0.2) is 54.7 Å². The lowest BCUT2D eigenvalue weighted by Crippen LogP contribution is -2.46. The van der Waals surface area contributed by atoms with Crippen LogP contribution in [0.25, 0.3) is 34.3 Å². The van der Waals surface area contributed by atoms with E-state index in [1.54, 1.807) is 4.90 Å². The van der Waals surface area contributed by atoms with Crippen molar-refractivity contribution in [1.82, 2.24) is 29.6 Å². The number of rotatable bonds is 18. The van der Waals surface area contributed by atoms with Crippen molar-refractivity contribution >= 4 is 40.7 Å². The number of piperazine rings is 1. The van der Waals surface area contributed by atoms with Gasteiger partial charge in [-0.25, -0.2) is 0 Å². The van der Waals surface area contributed by atoms with E-state index in [1.807, 2.05) is 31.3 Å². The highest BCUT2D eigenvalue weighted by Gasteiger charge is 2.35. The molecule has 1 unspecified atom stereocenters. The first kappa shape index (κ1) is 38.5. The highest BCUT2D eigenvalue weighted by molar-refractivity contribution is 6.01. The van der Waals surface area contributed by atoms with Gasteiger partial charge in [-0.1, -0.05) is 25.1 Å². The second kappa shape index (κ2) is 17.8. The Balaban J connectivity index is 0.767. The van der Waals surface area contributed by atoms with E-state index in [-0.39, 0.29) is 17.5 Å². The molecule has 10 nitrogen and oxygen atoms in total. The van der Waals surface area contributed by atoms with Crippen molar-refractivity contribution in [3.8, 4) is 16.9 Å². The fraction of sp³-hybridized carbons (Fsp3) is 0.467. The minimum absolute atomic E-state index is 0.0818. The van der Waals surface area contributed by atoms with Crippen LogP contribution in [0, 0.1) is 0 Å².